The summed E-state index contributed by atoms with van der Waals surface area (Å²) in [7, 11) is 1.79. The first kappa shape index (κ1) is 16.1. The van der Waals surface area contributed by atoms with E-state index in [2.05, 4.69) is 29.1 Å². The fourth-order valence-corrected chi connectivity index (χ4v) is 2.78. The number of aromatic nitrogens is 4. The van der Waals surface area contributed by atoms with E-state index in [-0.39, 0.29) is 5.91 Å². The van der Waals surface area contributed by atoms with Gasteiger partial charge in [0, 0.05) is 25.2 Å². The second-order valence-corrected chi connectivity index (χ2v) is 6.40. The molecule has 0 aliphatic heterocycles. The molecular formula is C18H21N5O. The molecule has 24 heavy (non-hydrogen) atoms. The van der Waals surface area contributed by atoms with Gasteiger partial charge in [0.05, 0.1) is 16.9 Å². The number of nitrogens with zero attached hydrogens (tertiary/aromatic N) is 5. The summed E-state index contributed by atoms with van der Waals surface area (Å²) in [6, 6.07) is 9.77. The summed E-state index contributed by atoms with van der Waals surface area (Å²) in [5.41, 5.74) is 2.92. The molecule has 0 spiro atoms. The van der Waals surface area contributed by atoms with E-state index < -0.39 is 0 Å². The maximum Gasteiger partial charge on any atom is 0.276 e. The SMILES string of the molecule is Cc1c(C(=O)N(C)CC(C)C)nnn1-c1ccc2ncccc2c1. The highest BCUT2D eigenvalue weighted by atomic mass is 16.2. The monoisotopic (exact) mass is 323 g/mol. The topological polar surface area (TPSA) is 63.9 Å². The van der Waals surface area contributed by atoms with Crippen LogP contribution in [0.25, 0.3) is 16.6 Å². The van der Waals surface area contributed by atoms with Gasteiger partial charge in [-0.25, -0.2) is 4.68 Å². The van der Waals surface area contributed by atoms with Crippen molar-refractivity contribution in [2.75, 3.05) is 13.6 Å². The number of pyridine rings is 1. The van der Waals surface area contributed by atoms with E-state index in [4.69, 9.17) is 0 Å². The van der Waals surface area contributed by atoms with Crippen LogP contribution in [-0.2, 0) is 0 Å². The minimum atomic E-state index is -0.102. The van der Waals surface area contributed by atoms with Crippen molar-refractivity contribution in [1.29, 1.82) is 0 Å². The Hall–Kier alpha value is -2.76. The fraction of sp³-hybridized carbons (Fsp3) is 0.333. The van der Waals surface area contributed by atoms with Crippen molar-refractivity contribution >= 4 is 16.8 Å². The molecule has 0 atom stereocenters. The summed E-state index contributed by atoms with van der Waals surface area (Å²) >= 11 is 0. The number of carbonyl (C=O) groups is 1. The Balaban J connectivity index is 1.95. The molecule has 0 saturated carbocycles. The Bertz CT molecular complexity index is 884. The third-order valence-electron chi connectivity index (χ3n) is 3.91. The first-order valence-corrected chi connectivity index (χ1v) is 8.00. The van der Waals surface area contributed by atoms with Crippen molar-refractivity contribution in [1.82, 2.24) is 24.9 Å². The highest BCUT2D eigenvalue weighted by molar-refractivity contribution is 5.93. The first-order valence-electron chi connectivity index (χ1n) is 8.00. The van der Waals surface area contributed by atoms with Gasteiger partial charge in [0.2, 0.25) is 0 Å². The van der Waals surface area contributed by atoms with Gasteiger partial charge in [0.1, 0.15) is 0 Å². The maximum atomic E-state index is 12.6. The lowest BCUT2D eigenvalue weighted by atomic mass is 10.2. The maximum absolute atomic E-state index is 12.6. The summed E-state index contributed by atoms with van der Waals surface area (Å²) in [5.74, 6) is 0.303. The Kier molecular flexibility index (Phi) is 4.29. The molecule has 6 nitrogen and oxygen atoms in total. The Morgan fingerprint density at radius 3 is 2.83 bits per heavy atom. The van der Waals surface area contributed by atoms with Crippen LogP contribution in [0.3, 0.4) is 0 Å². The summed E-state index contributed by atoms with van der Waals surface area (Å²) in [4.78, 5) is 18.6. The molecular weight excluding hydrogens is 302 g/mol. The third-order valence-corrected chi connectivity index (χ3v) is 3.91. The van der Waals surface area contributed by atoms with Gasteiger partial charge in [-0.1, -0.05) is 25.1 Å². The molecule has 0 radical (unpaired) electrons. The van der Waals surface area contributed by atoms with Crippen LogP contribution in [0.1, 0.15) is 30.0 Å². The van der Waals surface area contributed by atoms with Crippen molar-refractivity contribution in [3.63, 3.8) is 0 Å². The molecule has 0 bridgehead atoms. The van der Waals surface area contributed by atoms with Crippen LogP contribution in [0.15, 0.2) is 36.5 Å². The van der Waals surface area contributed by atoms with Gasteiger partial charge in [0.15, 0.2) is 5.69 Å². The minimum Gasteiger partial charge on any atom is -0.340 e. The Morgan fingerprint density at radius 1 is 1.29 bits per heavy atom. The Labute approximate surface area is 141 Å². The molecule has 2 heterocycles. The molecule has 3 aromatic rings. The van der Waals surface area contributed by atoms with E-state index in [1.54, 1.807) is 22.8 Å². The molecule has 0 aliphatic carbocycles. The Morgan fingerprint density at radius 2 is 2.08 bits per heavy atom. The van der Waals surface area contributed by atoms with Crippen LogP contribution >= 0.6 is 0 Å². The number of amides is 1. The zero-order valence-corrected chi connectivity index (χ0v) is 14.4. The van der Waals surface area contributed by atoms with Gasteiger partial charge in [0.25, 0.3) is 5.91 Å². The second-order valence-electron chi connectivity index (χ2n) is 6.40. The lowest BCUT2D eigenvalue weighted by molar-refractivity contribution is 0.0772. The predicted octanol–water partition coefficient (Wildman–Crippen LogP) is 2.85. The third kappa shape index (κ3) is 2.99. The predicted molar refractivity (Wildman–Crippen MR) is 93.2 cm³/mol. The number of fused-ring (bicyclic) bond motifs is 1. The lowest BCUT2D eigenvalue weighted by Crippen LogP contribution is -2.31. The number of carbonyl (C=O) groups excluding carboxylic acids is 1. The van der Waals surface area contributed by atoms with E-state index in [1.165, 1.54) is 0 Å². The van der Waals surface area contributed by atoms with Crippen LogP contribution in [0.4, 0.5) is 0 Å². The van der Waals surface area contributed by atoms with Crippen molar-refractivity contribution < 1.29 is 4.79 Å². The first-order chi connectivity index (χ1) is 11.5. The van der Waals surface area contributed by atoms with Gasteiger partial charge in [-0.3, -0.25) is 9.78 Å². The van der Waals surface area contributed by atoms with Crippen molar-refractivity contribution in [2.24, 2.45) is 5.92 Å². The smallest absolute Gasteiger partial charge is 0.276 e. The highest BCUT2D eigenvalue weighted by Gasteiger charge is 2.21. The van der Waals surface area contributed by atoms with E-state index >= 15 is 0 Å². The zero-order valence-electron chi connectivity index (χ0n) is 14.4. The summed E-state index contributed by atoms with van der Waals surface area (Å²) in [6.07, 6.45) is 1.77. The number of hydrogen-bond acceptors (Lipinski definition) is 4. The average Bonchev–Trinajstić information content (AvgIpc) is 2.94. The molecule has 124 valence electrons. The van der Waals surface area contributed by atoms with E-state index in [1.807, 2.05) is 37.3 Å². The molecule has 0 fully saturated rings. The average molecular weight is 323 g/mol. The number of benzene rings is 1. The van der Waals surface area contributed by atoms with E-state index in [9.17, 15) is 4.79 Å². The van der Waals surface area contributed by atoms with Crippen LogP contribution in [0.2, 0.25) is 0 Å². The van der Waals surface area contributed by atoms with Crippen molar-refractivity contribution in [2.45, 2.75) is 20.8 Å². The number of rotatable bonds is 4. The van der Waals surface area contributed by atoms with Crippen molar-refractivity contribution in [3.8, 4) is 5.69 Å². The van der Waals surface area contributed by atoms with Crippen LogP contribution in [0.5, 0.6) is 0 Å². The molecule has 1 amide bonds. The molecule has 2 aromatic heterocycles. The van der Waals surface area contributed by atoms with Gasteiger partial charge in [-0.05, 0) is 37.1 Å². The quantitative estimate of drug-likeness (QED) is 0.740. The lowest BCUT2D eigenvalue weighted by Gasteiger charge is -2.18. The normalized spacial score (nSPS) is 11.2. The second kappa shape index (κ2) is 6.39. The standard InChI is InChI=1S/C18H21N5O/c1-12(2)11-22(4)18(24)17-13(3)23(21-20-17)15-7-8-16-14(10-15)6-5-9-19-16/h5-10,12H,11H2,1-4H3. The molecule has 0 aliphatic rings. The molecule has 6 heteroatoms. The number of hydrogen-bond donors (Lipinski definition) is 0. The fourth-order valence-electron chi connectivity index (χ4n) is 2.78. The molecule has 3 rings (SSSR count). The summed E-state index contributed by atoms with van der Waals surface area (Å²) in [5, 5.41) is 9.30. The summed E-state index contributed by atoms with van der Waals surface area (Å²) in [6.45, 7) is 6.71. The van der Waals surface area contributed by atoms with Gasteiger partial charge in [-0.2, -0.15) is 0 Å². The van der Waals surface area contributed by atoms with Crippen LogP contribution < -0.4 is 0 Å². The van der Waals surface area contributed by atoms with Gasteiger partial charge >= 0.3 is 0 Å². The van der Waals surface area contributed by atoms with Crippen LogP contribution in [-0.4, -0.2) is 44.4 Å². The zero-order chi connectivity index (χ0) is 17.3. The summed E-state index contributed by atoms with van der Waals surface area (Å²) < 4.78 is 1.70. The van der Waals surface area contributed by atoms with Crippen molar-refractivity contribution in [3.05, 3.63) is 47.9 Å². The minimum absolute atomic E-state index is 0.102. The largest absolute Gasteiger partial charge is 0.340 e. The van der Waals surface area contributed by atoms with E-state index in [0.29, 0.717) is 18.2 Å². The molecule has 1 aromatic carbocycles. The van der Waals surface area contributed by atoms with Gasteiger partial charge in [-0.15, -0.1) is 5.10 Å². The van der Waals surface area contributed by atoms with Gasteiger partial charge < -0.3 is 4.90 Å². The van der Waals surface area contributed by atoms with E-state index in [0.717, 1.165) is 22.3 Å². The molecule has 0 unspecified atom stereocenters. The molecule has 0 saturated heterocycles. The highest BCUT2D eigenvalue weighted by Crippen LogP contribution is 2.18. The van der Waals surface area contributed by atoms with Crippen LogP contribution in [0, 0.1) is 12.8 Å². The molecule has 0 N–H and O–H groups in total.